The number of hydrogen-bond donors (Lipinski definition) is 0. The summed E-state index contributed by atoms with van der Waals surface area (Å²) in [6, 6.07) is 18.2. The lowest BCUT2D eigenvalue weighted by atomic mass is 9.82. The Hall–Kier alpha value is -2.46. The van der Waals surface area contributed by atoms with Crippen LogP contribution in [-0.2, 0) is 11.2 Å². The van der Waals surface area contributed by atoms with Gasteiger partial charge in [0.2, 0.25) is 5.91 Å². The topological polar surface area (TPSA) is 33.2 Å². The minimum absolute atomic E-state index is 0.102. The fourth-order valence-corrected chi connectivity index (χ4v) is 4.35. The van der Waals surface area contributed by atoms with E-state index >= 15 is 0 Å². The Morgan fingerprint density at radius 3 is 2.64 bits per heavy atom. The van der Waals surface area contributed by atoms with Crippen molar-refractivity contribution in [3.8, 4) is 0 Å². The second-order valence-electron chi connectivity index (χ2n) is 6.42. The molecule has 3 nitrogen and oxygen atoms in total. The molecule has 1 aliphatic rings. The molecule has 3 aromatic rings. The summed E-state index contributed by atoms with van der Waals surface area (Å²) in [5, 5.41) is 2.74. The monoisotopic (exact) mass is 348 g/mol. The van der Waals surface area contributed by atoms with Crippen LogP contribution in [0.5, 0.6) is 0 Å². The van der Waals surface area contributed by atoms with Gasteiger partial charge in [-0.2, -0.15) is 0 Å². The van der Waals surface area contributed by atoms with Gasteiger partial charge in [-0.05, 0) is 49.4 Å². The largest absolute Gasteiger partial charge is 0.273 e. The summed E-state index contributed by atoms with van der Waals surface area (Å²) in [5.41, 5.74) is 4.30. The first-order valence-corrected chi connectivity index (χ1v) is 9.51. The third-order valence-electron chi connectivity index (χ3n) is 4.70. The number of amides is 1. The minimum Gasteiger partial charge on any atom is -0.273 e. The summed E-state index contributed by atoms with van der Waals surface area (Å²) in [7, 11) is 0. The van der Waals surface area contributed by atoms with Crippen LogP contribution in [0.3, 0.4) is 0 Å². The van der Waals surface area contributed by atoms with Gasteiger partial charge in [0, 0.05) is 5.38 Å². The quantitative estimate of drug-likeness (QED) is 0.649. The average molecular weight is 348 g/mol. The summed E-state index contributed by atoms with van der Waals surface area (Å²) >= 11 is 1.52. The molecular formula is C21H20N2OS. The second-order valence-corrected chi connectivity index (χ2v) is 7.26. The number of hydrogen-bond acceptors (Lipinski definition) is 3. The number of carbonyl (C=O) groups excluding carboxylic acids is 1. The van der Waals surface area contributed by atoms with E-state index in [1.807, 2.05) is 48.7 Å². The molecule has 126 valence electrons. The van der Waals surface area contributed by atoms with Crippen LogP contribution < -0.4 is 4.90 Å². The van der Waals surface area contributed by atoms with Crippen LogP contribution in [0, 0.1) is 6.92 Å². The van der Waals surface area contributed by atoms with Gasteiger partial charge in [-0.15, -0.1) is 11.3 Å². The van der Waals surface area contributed by atoms with Crippen LogP contribution >= 0.6 is 11.3 Å². The van der Waals surface area contributed by atoms with Crippen LogP contribution in [0.4, 0.5) is 10.8 Å². The predicted molar refractivity (Wildman–Crippen MR) is 103 cm³/mol. The first kappa shape index (κ1) is 16.0. The van der Waals surface area contributed by atoms with Crippen molar-refractivity contribution in [3.05, 3.63) is 76.8 Å². The van der Waals surface area contributed by atoms with Crippen molar-refractivity contribution < 1.29 is 4.79 Å². The van der Waals surface area contributed by atoms with Gasteiger partial charge in [-0.25, -0.2) is 4.98 Å². The first-order chi connectivity index (χ1) is 12.2. The zero-order valence-corrected chi connectivity index (χ0v) is 15.0. The lowest BCUT2D eigenvalue weighted by Crippen LogP contribution is -2.33. The number of aryl methyl sites for hydroxylation is 2. The normalized spacial score (nSPS) is 16.3. The molecule has 0 saturated heterocycles. The maximum absolute atomic E-state index is 13.6. The van der Waals surface area contributed by atoms with Gasteiger partial charge in [0.15, 0.2) is 5.13 Å². The molecule has 0 fully saturated rings. The van der Waals surface area contributed by atoms with Crippen molar-refractivity contribution in [3.63, 3.8) is 0 Å². The summed E-state index contributed by atoms with van der Waals surface area (Å²) in [6.07, 6.45) is 3.00. The fraction of sp³-hybridized carbons (Fsp3) is 0.238. The molecule has 0 bridgehead atoms. The Morgan fingerprint density at radius 2 is 1.88 bits per heavy atom. The molecule has 0 aliphatic heterocycles. The Bertz CT molecular complexity index is 888. The van der Waals surface area contributed by atoms with Crippen LogP contribution in [-0.4, -0.2) is 10.9 Å². The first-order valence-electron chi connectivity index (χ1n) is 8.63. The number of para-hydroxylation sites is 1. The maximum Gasteiger partial charge on any atom is 0.240 e. The van der Waals surface area contributed by atoms with Gasteiger partial charge in [0.05, 0.1) is 17.3 Å². The molecule has 0 saturated carbocycles. The molecule has 0 radical (unpaired) electrons. The molecule has 25 heavy (non-hydrogen) atoms. The standard InChI is InChI=1S/C21H20N2OS/c1-15-14-25-21(22-15)23(17-10-3-2-4-11-17)20(24)19-13-7-9-16-8-5-6-12-18(16)19/h2-6,8,10-12,14,19H,7,9,13H2,1H3. The van der Waals surface area contributed by atoms with Gasteiger partial charge in [0.25, 0.3) is 0 Å². The van der Waals surface area contributed by atoms with Crippen LogP contribution in [0.1, 0.15) is 35.6 Å². The van der Waals surface area contributed by atoms with Crippen LogP contribution in [0.2, 0.25) is 0 Å². The molecule has 0 N–H and O–H groups in total. The average Bonchev–Trinajstić information content (AvgIpc) is 3.08. The van der Waals surface area contributed by atoms with Gasteiger partial charge >= 0.3 is 0 Å². The van der Waals surface area contributed by atoms with Crippen molar-refractivity contribution in [1.29, 1.82) is 0 Å². The number of carbonyl (C=O) groups is 1. The molecular weight excluding hydrogens is 328 g/mol. The van der Waals surface area contributed by atoms with E-state index in [-0.39, 0.29) is 11.8 Å². The van der Waals surface area contributed by atoms with Crippen LogP contribution in [0.15, 0.2) is 60.0 Å². The number of nitrogens with zero attached hydrogens (tertiary/aromatic N) is 2. The van der Waals surface area contributed by atoms with Crippen LogP contribution in [0.25, 0.3) is 0 Å². The minimum atomic E-state index is -0.102. The molecule has 1 amide bonds. The van der Waals surface area contributed by atoms with E-state index in [2.05, 4.69) is 23.2 Å². The van der Waals surface area contributed by atoms with E-state index in [4.69, 9.17) is 0 Å². The highest BCUT2D eigenvalue weighted by Gasteiger charge is 2.32. The van der Waals surface area contributed by atoms with Crippen molar-refractivity contribution in [2.75, 3.05) is 4.90 Å². The Balaban J connectivity index is 1.77. The smallest absolute Gasteiger partial charge is 0.240 e. The highest BCUT2D eigenvalue weighted by atomic mass is 32.1. The van der Waals surface area contributed by atoms with Crippen molar-refractivity contribution in [2.24, 2.45) is 0 Å². The van der Waals surface area contributed by atoms with Crippen molar-refractivity contribution in [1.82, 2.24) is 4.98 Å². The van der Waals surface area contributed by atoms with E-state index in [1.165, 1.54) is 22.5 Å². The molecule has 1 heterocycles. The van der Waals surface area contributed by atoms with Crippen molar-refractivity contribution >= 4 is 28.1 Å². The summed E-state index contributed by atoms with van der Waals surface area (Å²) in [4.78, 5) is 19.9. The van der Waals surface area contributed by atoms with Gasteiger partial charge in [0.1, 0.15) is 0 Å². The van der Waals surface area contributed by atoms with Gasteiger partial charge in [-0.1, -0.05) is 42.5 Å². The number of aromatic nitrogens is 1. The SMILES string of the molecule is Cc1csc(N(C(=O)C2CCCc3ccccc32)c2ccccc2)n1. The number of rotatable bonds is 3. The van der Waals surface area contributed by atoms with Gasteiger partial charge in [-0.3, -0.25) is 9.69 Å². The third kappa shape index (κ3) is 3.10. The summed E-state index contributed by atoms with van der Waals surface area (Å²) in [6.45, 7) is 1.96. The van der Waals surface area contributed by atoms with E-state index in [0.29, 0.717) is 0 Å². The number of thiazole rings is 1. The molecule has 2 aromatic carbocycles. The molecule has 4 heteroatoms. The highest BCUT2D eigenvalue weighted by Crippen LogP contribution is 2.37. The maximum atomic E-state index is 13.6. The predicted octanol–water partition coefficient (Wildman–Crippen LogP) is 5.24. The zero-order valence-electron chi connectivity index (χ0n) is 14.2. The number of anilines is 2. The fourth-order valence-electron chi connectivity index (χ4n) is 3.52. The second kappa shape index (κ2) is 6.81. The van der Waals surface area contributed by atoms with E-state index in [1.54, 1.807) is 4.90 Å². The Kier molecular flexibility index (Phi) is 4.36. The number of fused-ring (bicyclic) bond motifs is 1. The van der Waals surface area contributed by atoms with E-state index in [0.717, 1.165) is 35.8 Å². The Morgan fingerprint density at radius 1 is 1.12 bits per heavy atom. The van der Waals surface area contributed by atoms with E-state index in [9.17, 15) is 4.79 Å². The molecule has 1 aromatic heterocycles. The number of benzene rings is 2. The zero-order chi connectivity index (χ0) is 17.2. The third-order valence-corrected chi connectivity index (χ3v) is 5.64. The molecule has 4 rings (SSSR count). The van der Waals surface area contributed by atoms with E-state index < -0.39 is 0 Å². The summed E-state index contributed by atoms with van der Waals surface area (Å²) in [5.74, 6) is 0.0158. The molecule has 1 unspecified atom stereocenters. The lowest BCUT2D eigenvalue weighted by Gasteiger charge is -2.29. The summed E-state index contributed by atoms with van der Waals surface area (Å²) < 4.78 is 0. The highest BCUT2D eigenvalue weighted by molar-refractivity contribution is 7.14. The molecule has 0 spiro atoms. The molecule has 1 aliphatic carbocycles. The lowest BCUT2D eigenvalue weighted by molar-refractivity contribution is -0.119. The van der Waals surface area contributed by atoms with Gasteiger partial charge < -0.3 is 0 Å². The Labute approximate surface area is 152 Å². The van der Waals surface area contributed by atoms with Crippen molar-refractivity contribution in [2.45, 2.75) is 32.1 Å². The molecule has 1 atom stereocenters.